The molecule has 0 radical (unpaired) electrons. The molecule has 0 saturated carbocycles. The minimum atomic E-state index is -0.0573. The van der Waals surface area contributed by atoms with E-state index in [1.165, 1.54) is 0 Å². The summed E-state index contributed by atoms with van der Waals surface area (Å²) in [6, 6.07) is 3.98. The van der Waals surface area contributed by atoms with Crippen LogP contribution in [0, 0.1) is 6.92 Å². The first kappa shape index (κ1) is 7.16. The van der Waals surface area contributed by atoms with E-state index in [2.05, 4.69) is 10.3 Å². The molecule has 0 spiro atoms. The zero-order chi connectivity index (χ0) is 8.39. The highest BCUT2D eigenvalue weighted by molar-refractivity contribution is 5.17. The minimum absolute atomic E-state index is 0.0573. The number of pyridine rings is 1. The molecule has 0 amide bonds. The number of nitrogens with zero attached hydrogens (tertiary/aromatic N) is 1. The Morgan fingerprint density at radius 2 is 2.42 bits per heavy atom. The lowest BCUT2D eigenvalue weighted by atomic mass is 10.2. The van der Waals surface area contributed by atoms with Gasteiger partial charge in [0, 0.05) is 23.7 Å². The van der Waals surface area contributed by atoms with Crippen molar-refractivity contribution in [3.05, 3.63) is 42.0 Å². The van der Waals surface area contributed by atoms with E-state index in [0.29, 0.717) is 0 Å². The number of ether oxygens (including phenoxy) is 1. The molecule has 1 N–H and O–H groups in total. The van der Waals surface area contributed by atoms with E-state index in [1.807, 2.05) is 25.3 Å². The van der Waals surface area contributed by atoms with Crippen molar-refractivity contribution in [3.63, 3.8) is 0 Å². The smallest absolute Gasteiger partial charge is 0.196 e. The zero-order valence-electron chi connectivity index (χ0n) is 6.82. The van der Waals surface area contributed by atoms with E-state index in [0.717, 1.165) is 11.3 Å². The number of aromatic nitrogens is 1. The Hall–Kier alpha value is -1.51. The Labute approximate surface area is 71.1 Å². The predicted molar refractivity (Wildman–Crippen MR) is 45.1 cm³/mol. The normalized spacial score (nSPS) is 20.2. The van der Waals surface area contributed by atoms with Gasteiger partial charge in [-0.05, 0) is 13.0 Å². The summed E-state index contributed by atoms with van der Waals surface area (Å²) in [5.74, 6) is 0. The van der Waals surface area contributed by atoms with Crippen LogP contribution in [0.1, 0.15) is 17.5 Å². The van der Waals surface area contributed by atoms with Gasteiger partial charge in [0.2, 0.25) is 0 Å². The maximum absolute atomic E-state index is 5.25. The lowest BCUT2D eigenvalue weighted by Gasteiger charge is -2.10. The van der Waals surface area contributed by atoms with Crippen molar-refractivity contribution in [1.82, 2.24) is 10.3 Å². The largest absolute Gasteiger partial charge is 0.473 e. The molecule has 1 aliphatic heterocycles. The molecule has 3 nitrogen and oxygen atoms in total. The Bertz CT molecular complexity index is 284. The van der Waals surface area contributed by atoms with E-state index in [1.54, 1.807) is 12.5 Å². The van der Waals surface area contributed by atoms with E-state index in [4.69, 9.17) is 4.74 Å². The van der Waals surface area contributed by atoms with Crippen LogP contribution < -0.4 is 5.32 Å². The molecular weight excluding hydrogens is 152 g/mol. The van der Waals surface area contributed by atoms with Gasteiger partial charge in [0.25, 0.3) is 0 Å². The molecular formula is C9H10N2O. The molecule has 1 atom stereocenters. The third-order valence-corrected chi connectivity index (χ3v) is 1.77. The second-order valence-electron chi connectivity index (χ2n) is 2.72. The fourth-order valence-corrected chi connectivity index (χ4v) is 1.09. The molecule has 2 rings (SSSR count). The Morgan fingerprint density at radius 3 is 3.00 bits per heavy atom. The van der Waals surface area contributed by atoms with Gasteiger partial charge >= 0.3 is 0 Å². The second-order valence-corrected chi connectivity index (χ2v) is 2.72. The fourth-order valence-electron chi connectivity index (χ4n) is 1.09. The Balaban J connectivity index is 2.18. The van der Waals surface area contributed by atoms with Crippen LogP contribution in [0.4, 0.5) is 0 Å². The lowest BCUT2D eigenvalue weighted by molar-refractivity contribution is 0.154. The molecule has 2 heterocycles. The van der Waals surface area contributed by atoms with Gasteiger partial charge in [-0.25, -0.2) is 0 Å². The van der Waals surface area contributed by atoms with Crippen molar-refractivity contribution in [3.8, 4) is 0 Å². The van der Waals surface area contributed by atoms with Gasteiger partial charge in [-0.3, -0.25) is 4.98 Å². The van der Waals surface area contributed by atoms with Gasteiger partial charge in [0.15, 0.2) is 6.23 Å². The van der Waals surface area contributed by atoms with E-state index in [9.17, 15) is 0 Å². The summed E-state index contributed by atoms with van der Waals surface area (Å²) in [5.41, 5.74) is 2.07. The maximum atomic E-state index is 5.25. The first-order valence-electron chi connectivity index (χ1n) is 3.85. The topological polar surface area (TPSA) is 34.1 Å². The Morgan fingerprint density at radius 1 is 1.50 bits per heavy atom. The molecule has 0 saturated heterocycles. The van der Waals surface area contributed by atoms with Crippen LogP contribution in [-0.2, 0) is 4.74 Å². The highest BCUT2D eigenvalue weighted by atomic mass is 16.5. The highest BCUT2D eigenvalue weighted by Gasteiger charge is 2.12. The predicted octanol–water partition coefficient (Wildman–Crippen LogP) is 1.48. The van der Waals surface area contributed by atoms with Gasteiger partial charge in [0.05, 0.1) is 0 Å². The molecule has 1 aromatic heterocycles. The lowest BCUT2D eigenvalue weighted by Crippen LogP contribution is -2.11. The van der Waals surface area contributed by atoms with Gasteiger partial charge in [-0.15, -0.1) is 0 Å². The summed E-state index contributed by atoms with van der Waals surface area (Å²) >= 11 is 0. The van der Waals surface area contributed by atoms with Crippen molar-refractivity contribution in [2.45, 2.75) is 13.2 Å². The van der Waals surface area contributed by atoms with Crippen LogP contribution in [0.3, 0.4) is 0 Å². The van der Waals surface area contributed by atoms with Crippen LogP contribution in [0.2, 0.25) is 0 Å². The van der Waals surface area contributed by atoms with Crippen molar-refractivity contribution < 1.29 is 4.74 Å². The van der Waals surface area contributed by atoms with Crippen molar-refractivity contribution in [2.24, 2.45) is 0 Å². The van der Waals surface area contributed by atoms with Crippen LogP contribution in [0.15, 0.2) is 30.8 Å². The van der Waals surface area contributed by atoms with Gasteiger partial charge < -0.3 is 10.1 Å². The van der Waals surface area contributed by atoms with E-state index < -0.39 is 0 Å². The van der Waals surface area contributed by atoms with Gasteiger partial charge in [0.1, 0.15) is 6.26 Å². The second kappa shape index (κ2) is 2.85. The first-order chi connectivity index (χ1) is 5.86. The molecule has 1 unspecified atom stereocenters. The van der Waals surface area contributed by atoms with Crippen molar-refractivity contribution in [1.29, 1.82) is 0 Å². The quantitative estimate of drug-likeness (QED) is 0.679. The van der Waals surface area contributed by atoms with E-state index in [-0.39, 0.29) is 6.23 Å². The third-order valence-electron chi connectivity index (χ3n) is 1.77. The monoisotopic (exact) mass is 162 g/mol. The average Bonchev–Trinajstić information content (AvgIpc) is 2.58. The average molecular weight is 162 g/mol. The van der Waals surface area contributed by atoms with Crippen molar-refractivity contribution in [2.75, 3.05) is 0 Å². The molecule has 0 fully saturated rings. The van der Waals surface area contributed by atoms with Crippen molar-refractivity contribution >= 4 is 0 Å². The molecule has 62 valence electrons. The maximum Gasteiger partial charge on any atom is 0.196 e. The Kier molecular flexibility index (Phi) is 1.70. The number of hydrogen-bond donors (Lipinski definition) is 1. The molecule has 1 aromatic rings. The number of aryl methyl sites for hydroxylation is 1. The minimum Gasteiger partial charge on any atom is -0.473 e. The molecule has 0 aliphatic carbocycles. The summed E-state index contributed by atoms with van der Waals surface area (Å²) in [7, 11) is 0. The summed E-state index contributed by atoms with van der Waals surface area (Å²) in [6.07, 6.45) is 5.19. The fraction of sp³-hybridized carbons (Fsp3) is 0.222. The van der Waals surface area contributed by atoms with Crippen LogP contribution in [0.25, 0.3) is 0 Å². The van der Waals surface area contributed by atoms with Crippen LogP contribution >= 0.6 is 0 Å². The summed E-state index contributed by atoms with van der Waals surface area (Å²) < 4.78 is 5.25. The number of rotatable bonds is 1. The van der Waals surface area contributed by atoms with Gasteiger partial charge in [-0.1, -0.05) is 6.07 Å². The number of hydrogen-bond acceptors (Lipinski definition) is 3. The van der Waals surface area contributed by atoms with Crippen LogP contribution in [0.5, 0.6) is 0 Å². The summed E-state index contributed by atoms with van der Waals surface area (Å²) in [4.78, 5) is 4.18. The zero-order valence-corrected chi connectivity index (χ0v) is 6.82. The number of nitrogens with one attached hydrogen (secondary N) is 1. The standard InChI is InChI=1S/C9H10N2O/c1-7-2-3-8(6-11-7)9-10-4-5-12-9/h2-6,9-10H,1H3. The molecule has 12 heavy (non-hydrogen) atoms. The first-order valence-corrected chi connectivity index (χ1v) is 3.85. The third kappa shape index (κ3) is 1.25. The molecule has 1 aliphatic rings. The molecule has 0 bridgehead atoms. The van der Waals surface area contributed by atoms with E-state index >= 15 is 0 Å². The van der Waals surface area contributed by atoms with Gasteiger partial charge in [-0.2, -0.15) is 0 Å². The molecule has 3 heteroatoms. The highest BCUT2D eigenvalue weighted by Crippen LogP contribution is 2.16. The molecule has 0 aromatic carbocycles. The summed E-state index contributed by atoms with van der Waals surface area (Å²) in [6.45, 7) is 1.96. The van der Waals surface area contributed by atoms with Crippen LogP contribution in [-0.4, -0.2) is 4.98 Å². The SMILES string of the molecule is Cc1ccc(C2NC=CO2)cn1. The summed E-state index contributed by atoms with van der Waals surface area (Å²) in [5, 5.41) is 3.05.